The van der Waals surface area contributed by atoms with Crippen LogP contribution in [0.2, 0.25) is 0 Å². The molecule has 5 nitrogen and oxygen atoms in total. The fourth-order valence-corrected chi connectivity index (χ4v) is 3.91. The van der Waals surface area contributed by atoms with Crippen LogP contribution in [0.4, 0.5) is 0 Å². The highest BCUT2D eigenvalue weighted by Crippen LogP contribution is 2.30. The molecule has 2 rings (SSSR count). The number of aryl methyl sites for hydroxylation is 1. The minimum atomic E-state index is -0.182. The molecule has 0 aliphatic rings. The SMILES string of the molecule is Cc1nc(SC(C(=O)NCc2cccnc2)C(C)C)n(CC(C)C)c1C. The zero-order valence-corrected chi connectivity index (χ0v) is 17.4. The van der Waals surface area contributed by atoms with E-state index in [0.717, 1.165) is 23.0 Å². The number of rotatable bonds is 8. The van der Waals surface area contributed by atoms with Gasteiger partial charge in [-0.15, -0.1) is 0 Å². The van der Waals surface area contributed by atoms with E-state index < -0.39 is 0 Å². The maximum Gasteiger partial charge on any atom is 0.234 e. The highest BCUT2D eigenvalue weighted by atomic mass is 32.2. The van der Waals surface area contributed by atoms with Crippen molar-refractivity contribution in [3.63, 3.8) is 0 Å². The van der Waals surface area contributed by atoms with Crippen LogP contribution in [0.1, 0.15) is 44.6 Å². The molecule has 0 bridgehead atoms. The molecule has 0 saturated heterocycles. The molecule has 142 valence electrons. The first-order valence-corrected chi connectivity index (χ1v) is 10.0. The van der Waals surface area contributed by atoms with Crippen molar-refractivity contribution in [2.24, 2.45) is 11.8 Å². The monoisotopic (exact) mass is 374 g/mol. The van der Waals surface area contributed by atoms with Crippen molar-refractivity contribution in [1.29, 1.82) is 0 Å². The molecule has 1 unspecified atom stereocenters. The summed E-state index contributed by atoms with van der Waals surface area (Å²) in [4.78, 5) is 21.6. The molecule has 0 saturated carbocycles. The molecule has 2 heterocycles. The van der Waals surface area contributed by atoms with Crippen LogP contribution in [-0.4, -0.2) is 25.7 Å². The Kier molecular flexibility index (Phi) is 7.26. The summed E-state index contributed by atoms with van der Waals surface area (Å²) < 4.78 is 2.24. The number of hydrogen-bond acceptors (Lipinski definition) is 4. The Morgan fingerprint density at radius 1 is 1.27 bits per heavy atom. The minimum absolute atomic E-state index is 0.0447. The fourth-order valence-electron chi connectivity index (χ4n) is 2.69. The summed E-state index contributed by atoms with van der Waals surface area (Å²) >= 11 is 1.57. The van der Waals surface area contributed by atoms with E-state index in [1.165, 1.54) is 5.69 Å². The molecule has 2 aromatic rings. The van der Waals surface area contributed by atoms with Gasteiger partial charge in [-0.25, -0.2) is 4.98 Å². The summed E-state index contributed by atoms with van der Waals surface area (Å²) in [6.07, 6.45) is 3.51. The van der Waals surface area contributed by atoms with Crippen molar-refractivity contribution in [3.8, 4) is 0 Å². The summed E-state index contributed by atoms with van der Waals surface area (Å²) in [7, 11) is 0. The number of carbonyl (C=O) groups is 1. The smallest absolute Gasteiger partial charge is 0.234 e. The number of imidazole rings is 1. The Bertz CT molecular complexity index is 725. The molecular weight excluding hydrogens is 344 g/mol. The zero-order valence-electron chi connectivity index (χ0n) is 16.6. The lowest BCUT2D eigenvalue weighted by molar-refractivity contribution is -0.121. The first-order valence-electron chi connectivity index (χ1n) is 9.16. The van der Waals surface area contributed by atoms with Crippen LogP contribution in [0.25, 0.3) is 0 Å². The van der Waals surface area contributed by atoms with Gasteiger partial charge in [0, 0.05) is 31.2 Å². The maximum atomic E-state index is 12.8. The molecule has 0 radical (unpaired) electrons. The molecule has 1 N–H and O–H groups in total. The van der Waals surface area contributed by atoms with Gasteiger partial charge < -0.3 is 9.88 Å². The molecule has 0 spiro atoms. The maximum absolute atomic E-state index is 12.8. The minimum Gasteiger partial charge on any atom is -0.351 e. The third-order valence-electron chi connectivity index (χ3n) is 4.26. The highest BCUT2D eigenvalue weighted by molar-refractivity contribution is 8.00. The number of amides is 1. The van der Waals surface area contributed by atoms with Gasteiger partial charge in [0.05, 0.1) is 10.9 Å². The first kappa shape index (κ1) is 20.5. The quantitative estimate of drug-likeness (QED) is 0.710. The second-order valence-corrected chi connectivity index (χ2v) is 8.54. The van der Waals surface area contributed by atoms with Crippen molar-refractivity contribution in [1.82, 2.24) is 19.9 Å². The summed E-state index contributed by atoms with van der Waals surface area (Å²) in [5, 5.41) is 3.80. The molecule has 6 heteroatoms. The Balaban J connectivity index is 2.13. The molecular formula is C20H30N4OS. The molecule has 0 fully saturated rings. The van der Waals surface area contributed by atoms with Crippen LogP contribution in [0.15, 0.2) is 29.7 Å². The number of carbonyl (C=O) groups excluding carboxylic acids is 1. The van der Waals surface area contributed by atoms with Crippen LogP contribution in [0, 0.1) is 25.7 Å². The van der Waals surface area contributed by atoms with Gasteiger partial charge >= 0.3 is 0 Å². The lowest BCUT2D eigenvalue weighted by Gasteiger charge is -2.21. The second-order valence-electron chi connectivity index (χ2n) is 7.43. The highest BCUT2D eigenvalue weighted by Gasteiger charge is 2.26. The van der Waals surface area contributed by atoms with Crippen LogP contribution >= 0.6 is 11.8 Å². The van der Waals surface area contributed by atoms with Crippen LogP contribution in [0.5, 0.6) is 0 Å². The Morgan fingerprint density at radius 2 is 2.00 bits per heavy atom. The van der Waals surface area contributed by atoms with E-state index in [9.17, 15) is 4.79 Å². The number of nitrogens with zero attached hydrogens (tertiary/aromatic N) is 3. The topological polar surface area (TPSA) is 59.8 Å². The van der Waals surface area contributed by atoms with Gasteiger partial charge in [0.1, 0.15) is 0 Å². The largest absolute Gasteiger partial charge is 0.351 e. The van der Waals surface area contributed by atoms with Crippen molar-refractivity contribution >= 4 is 17.7 Å². The average Bonchev–Trinajstić information content (AvgIpc) is 2.85. The van der Waals surface area contributed by atoms with E-state index in [1.54, 1.807) is 24.2 Å². The normalized spacial score (nSPS) is 12.6. The summed E-state index contributed by atoms with van der Waals surface area (Å²) in [6.45, 7) is 14.1. The van der Waals surface area contributed by atoms with Gasteiger partial charge in [-0.2, -0.15) is 0 Å². The number of nitrogens with one attached hydrogen (secondary N) is 1. The third-order valence-corrected chi connectivity index (χ3v) is 5.79. The van der Waals surface area contributed by atoms with E-state index in [0.29, 0.717) is 12.5 Å². The van der Waals surface area contributed by atoms with E-state index in [1.807, 2.05) is 19.1 Å². The van der Waals surface area contributed by atoms with E-state index in [-0.39, 0.29) is 17.1 Å². The van der Waals surface area contributed by atoms with Gasteiger partial charge in [-0.05, 0) is 37.3 Å². The molecule has 0 aliphatic carbocycles. The molecule has 1 atom stereocenters. The Morgan fingerprint density at radius 3 is 2.58 bits per heavy atom. The number of hydrogen-bond donors (Lipinski definition) is 1. The lowest BCUT2D eigenvalue weighted by atomic mass is 10.1. The number of pyridine rings is 1. The lowest BCUT2D eigenvalue weighted by Crippen LogP contribution is -2.35. The molecule has 0 aromatic carbocycles. The summed E-state index contributed by atoms with van der Waals surface area (Å²) in [5.41, 5.74) is 3.22. The Labute approximate surface area is 161 Å². The fraction of sp³-hybridized carbons (Fsp3) is 0.550. The standard InChI is InChI=1S/C20H30N4OS/c1-13(2)12-24-16(6)15(5)23-20(24)26-18(14(3)4)19(25)22-11-17-8-7-9-21-10-17/h7-10,13-14,18H,11-12H2,1-6H3,(H,22,25). The van der Waals surface area contributed by atoms with E-state index in [4.69, 9.17) is 4.98 Å². The van der Waals surface area contributed by atoms with Crippen LogP contribution in [-0.2, 0) is 17.9 Å². The van der Waals surface area contributed by atoms with Gasteiger partial charge in [-0.3, -0.25) is 9.78 Å². The van der Waals surface area contributed by atoms with Crippen LogP contribution < -0.4 is 5.32 Å². The molecule has 26 heavy (non-hydrogen) atoms. The molecule has 2 aromatic heterocycles. The molecule has 0 aliphatic heterocycles. The van der Waals surface area contributed by atoms with Gasteiger partial charge in [0.25, 0.3) is 0 Å². The van der Waals surface area contributed by atoms with Crippen LogP contribution in [0.3, 0.4) is 0 Å². The first-order chi connectivity index (χ1) is 12.3. The van der Waals surface area contributed by atoms with Crippen molar-refractivity contribution in [3.05, 3.63) is 41.5 Å². The van der Waals surface area contributed by atoms with E-state index in [2.05, 4.69) is 49.5 Å². The number of aromatic nitrogens is 3. The van der Waals surface area contributed by atoms with E-state index >= 15 is 0 Å². The van der Waals surface area contributed by atoms with Gasteiger partial charge in [0.15, 0.2) is 5.16 Å². The number of thioether (sulfide) groups is 1. The zero-order chi connectivity index (χ0) is 19.3. The predicted molar refractivity (Wildman–Crippen MR) is 107 cm³/mol. The van der Waals surface area contributed by atoms with Crippen molar-refractivity contribution < 1.29 is 4.79 Å². The summed E-state index contributed by atoms with van der Waals surface area (Å²) in [5.74, 6) is 0.778. The predicted octanol–water partition coefficient (Wildman–Crippen LogP) is 3.98. The second kappa shape index (κ2) is 9.21. The third kappa shape index (κ3) is 5.34. The van der Waals surface area contributed by atoms with Crippen molar-refractivity contribution in [2.75, 3.05) is 0 Å². The van der Waals surface area contributed by atoms with Crippen molar-refractivity contribution in [2.45, 2.75) is 65.0 Å². The van der Waals surface area contributed by atoms with Gasteiger partial charge in [-0.1, -0.05) is 45.5 Å². The van der Waals surface area contributed by atoms with Gasteiger partial charge in [0.2, 0.25) is 5.91 Å². The summed E-state index contributed by atoms with van der Waals surface area (Å²) in [6, 6.07) is 3.84. The Hall–Kier alpha value is -1.82. The average molecular weight is 375 g/mol. The molecule has 1 amide bonds.